The number of rotatable bonds is 16. The van der Waals surface area contributed by atoms with Crippen molar-refractivity contribution in [3.63, 3.8) is 0 Å². The molecule has 1 heterocycles. The molecule has 0 N–H and O–H groups in total. The lowest BCUT2D eigenvalue weighted by Gasteiger charge is -2.27. The Balaban J connectivity index is 2.42. The summed E-state index contributed by atoms with van der Waals surface area (Å²) in [6.07, 6.45) is 15.2. The predicted molar refractivity (Wildman–Crippen MR) is 144 cm³/mol. The van der Waals surface area contributed by atoms with Crippen LogP contribution >= 0.6 is 11.3 Å². The van der Waals surface area contributed by atoms with Crippen LogP contribution in [0.3, 0.4) is 0 Å². The number of benzene rings is 1. The van der Waals surface area contributed by atoms with Gasteiger partial charge in [-0.3, -0.25) is 0 Å². The molecule has 0 aliphatic heterocycles. The Kier molecular flexibility index (Phi) is 11.0. The third-order valence-corrected chi connectivity index (χ3v) is 8.58. The van der Waals surface area contributed by atoms with Crippen LogP contribution in [0.25, 0.3) is 10.2 Å². The number of nitrogens with zero attached hydrogens (tertiary/aromatic N) is 1. The highest BCUT2D eigenvalue weighted by molar-refractivity contribution is 7.18. The molecule has 1 unspecified atom stereocenters. The van der Waals surface area contributed by atoms with Crippen molar-refractivity contribution in [3.05, 3.63) is 22.7 Å². The van der Waals surface area contributed by atoms with E-state index in [4.69, 9.17) is 9.72 Å². The van der Waals surface area contributed by atoms with Gasteiger partial charge in [0.25, 0.3) is 0 Å². The van der Waals surface area contributed by atoms with Gasteiger partial charge in [-0.05, 0) is 48.8 Å². The zero-order valence-corrected chi connectivity index (χ0v) is 22.9. The SMILES string of the molecule is CCCCCCCC(C)(CCCCC)c1nc2c(OCCC)cc(C(C)(C)CC)cc2s1. The summed E-state index contributed by atoms with van der Waals surface area (Å²) < 4.78 is 7.55. The van der Waals surface area contributed by atoms with Crippen molar-refractivity contribution in [2.24, 2.45) is 0 Å². The van der Waals surface area contributed by atoms with Gasteiger partial charge >= 0.3 is 0 Å². The van der Waals surface area contributed by atoms with Gasteiger partial charge in [0.15, 0.2) is 0 Å². The second-order valence-corrected chi connectivity index (χ2v) is 11.6. The van der Waals surface area contributed by atoms with Crippen molar-refractivity contribution in [2.45, 2.75) is 136 Å². The molecule has 0 aliphatic rings. The standard InChI is InChI=1S/C29H49NOS/c1-8-12-14-15-17-19-29(7,18-16-13-9-2)27-30-26-24(31-20-10-3)21-23(22-25(26)32-27)28(5,6)11-4/h21-22H,8-20H2,1-7H3. The molecule has 1 aromatic carbocycles. The average Bonchev–Trinajstić information content (AvgIpc) is 3.23. The van der Waals surface area contributed by atoms with Crippen molar-refractivity contribution in [2.75, 3.05) is 6.61 Å². The molecule has 0 aliphatic carbocycles. The van der Waals surface area contributed by atoms with E-state index < -0.39 is 0 Å². The zero-order valence-electron chi connectivity index (χ0n) is 22.1. The maximum Gasteiger partial charge on any atom is 0.146 e. The highest BCUT2D eigenvalue weighted by Gasteiger charge is 2.31. The first kappa shape index (κ1) is 27.2. The Morgan fingerprint density at radius 1 is 0.812 bits per heavy atom. The molecule has 2 rings (SSSR count). The summed E-state index contributed by atoms with van der Waals surface area (Å²) in [5.74, 6) is 0.988. The van der Waals surface area contributed by atoms with Gasteiger partial charge in [0, 0.05) is 5.41 Å². The van der Waals surface area contributed by atoms with Crippen LogP contribution in [0.1, 0.15) is 136 Å². The number of hydrogen-bond donors (Lipinski definition) is 0. The molecule has 0 spiro atoms. The molecule has 2 nitrogen and oxygen atoms in total. The van der Waals surface area contributed by atoms with E-state index in [0.717, 1.165) is 30.7 Å². The predicted octanol–water partition coefficient (Wildman–Crippen LogP) is 9.97. The second kappa shape index (κ2) is 13.0. The van der Waals surface area contributed by atoms with Crippen molar-refractivity contribution in [1.29, 1.82) is 0 Å². The lowest BCUT2D eigenvalue weighted by atomic mass is 9.80. The molecule has 1 aromatic heterocycles. The van der Waals surface area contributed by atoms with E-state index in [0.29, 0.717) is 0 Å². The lowest BCUT2D eigenvalue weighted by Crippen LogP contribution is -2.22. The third-order valence-electron chi connectivity index (χ3n) is 7.27. The van der Waals surface area contributed by atoms with Crippen LogP contribution in [0.15, 0.2) is 12.1 Å². The van der Waals surface area contributed by atoms with Crippen molar-refractivity contribution < 1.29 is 4.74 Å². The molecule has 182 valence electrons. The van der Waals surface area contributed by atoms with E-state index in [2.05, 4.69) is 60.6 Å². The Hall–Kier alpha value is -1.09. The smallest absolute Gasteiger partial charge is 0.146 e. The summed E-state index contributed by atoms with van der Waals surface area (Å²) in [7, 11) is 0. The summed E-state index contributed by atoms with van der Waals surface area (Å²) in [4.78, 5) is 5.27. The van der Waals surface area contributed by atoms with Crippen molar-refractivity contribution >= 4 is 21.6 Å². The molecule has 0 saturated heterocycles. The van der Waals surface area contributed by atoms with Crippen LogP contribution < -0.4 is 4.74 Å². The summed E-state index contributed by atoms with van der Waals surface area (Å²) in [6, 6.07) is 4.66. The number of fused-ring (bicyclic) bond motifs is 1. The molecule has 32 heavy (non-hydrogen) atoms. The molecule has 1 atom stereocenters. The first-order valence-corrected chi connectivity index (χ1v) is 14.2. The number of thiazole rings is 1. The minimum absolute atomic E-state index is 0.145. The van der Waals surface area contributed by atoms with E-state index in [1.165, 1.54) is 79.5 Å². The van der Waals surface area contributed by atoms with Crippen LogP contribution in [0.5, 0.6) is 5.75 Å². The summed E-state index contributed by atoms with van der Waals surface area (Å²) >= 11 is 1.93. The fourth-order valence-corrected chi connectivity index (χ4v) is 5.62. The molecule has 0 saturated carbocycles. The van der Waals surface area contributed by atoms with Gasteiger partial charge in [-0.1, -0.05) is 99.8 Å². The van der Waals surface area contributed by atoms with Crippen LogP contribution in [0, 0.1) is 0 Å². The van der Waals surface area contributed by atoms with E-state index in [1.807, 2.05) is 11.3 Å². The van der Waals surface area contributed by atoms with Gasteiger partial charge in [-0.25, -0.2) is 4.98 Å². The maximum absolute atomic E-state index is 6.24. The van der Waals surface area contributed by atoms with Gasteiger partial charge in [0.1, 0.15) is 11.3 Å². The van der Waals surface area contributed by atoms with Gasteiger partial charge in [-0.2, -0.15) is 0 Å². The van der Waals surface area contributed by atoms with Crippen LogP contribution in [-0.4, -0.2) is 11.6 Å². The number of ether oxygens (including phenoxy) is 1. The van der Waals surface area contributed by atoms with Crippen LogP contribution in [0.2, 0.25) is 0 Å². The van der Waals surface area contributed by atoms with Gasteiger partial charge in [-0.15, -0.1) is 11.3 Å². The van der Waals surface area contributed by atoms with Gasteiger partial charge < -0.3 is 4.74 Å². The zero-order chi connectivity index (χ0) is 23.6. The first-order valence-electron chi connectivity index (χ1n) is 13.4. The van der Waals surface area contributed by atoms with E-state index in [-0.39, 0.29) is 10.8 Å². The summed E-state index contributed by atoms with van der Waals surface area (Å²) in [5.41, 5.74) is 2.78. The molecule has 0 radical (unpaired) electrons. The third kappa shape index (κ3) is 7.20. The minimum atomic E-state index is 0.145. The van der Waals surface area contributed by atoms with Crippen molar-refractivity contribution in [3.8, 4) is 5.75 Å². The van der Waals surface area contributed by atoms with E-state index >= 15 is 0 Å². The average molecular weight is 460 g/mol. The number of aromatic nitrogens is 1. The molecule has 0 fully saturated rings. The quantitative estimate of drug-likeness (QED) is 0.233. The summed E-state index contributed by atoms with van der Waals surface area (Å²) in [6.45, 7) is 16.9. The van der Waals surface area contributed by atoms with Crippen LogP contribution in [0.4, 0.5) is 0 Å². The topological polar surface area (TPSA) is 22.1 Å². The molecule has 3 heteroatoms. The molecule has 0 amide bonds. The highest BCUT2D eigenvalue weighted by atomic mass is 32.1. The second-order valence-electron chi connectivity index (χ2n) is 10.6. The minimum Gasteiger partial charge on any atom is -0.491 e. The molecular weight excluding hydrogens is 410 g/mol. The normalized spacial score (nSPS) is 14.1. The Morgan fingerprint density at radius 3 is 2.06 bits per heavy atom. The van der Waals surface area contributed by atoms with Gasteiger partial charge in [0.05, 0.1) is 16.3 Å². The monoisotopic (exact) mass is 459 g/mol. The molecule has 0 bridgehead atoms. The fraction of sp³-hybridized carbons (Fsp3) is 0.759. The molecule has 2 aromatic rings. The Labute approximate surface area is 202 Å². The maximum atomic E-state index is 6.24. The van der Waals surface area contributed by atoms with Crippen LogP contribution in [-0.2, 0) is 10.8 Å². The van der Waals surface area contributed by atoms with E-state index in [1.54, 1.807) is 0 Å². The fourth-order valence-electron chi connectivity index (χ4n) is 4.40. The Bertz CT molecular complexity index is 809. The van der Waals surface area contributed by atoms with Gasteiger partial charge in [0.2, 0.25) is 0 Å². The summed E-state index contributed by atoms with van der Waals surface area (Å²) in [5, 5.41) is 1.33. The highest BCUT2D eigenvalue weighted by Crippen LogP contribution is 2.43. The largest absolute Gasteiger partial charge is 0.491 e. The lowest BCUT2D eigenvalue weighted by molar-refractivity contribution is 0.319. The number of hydrogen-bond acceptors (Lipinski definition) is 3. The Morgan fingerprint density at radius 2 is 1.44 bits per heavy atom. The number of unbranched alkanes of at least 4 members (excludes halogenated alkanes) is 6. The van der Waals surface area contributed by atoms with E-state index in [9.17, 15) is 0 Å². The first-order chi connectivity index (χ1) is 15.3. The molecular formula is C29H49NOS. The van der Waals surface area contributed by atoms with Crippen molar-refractivity contribution in [1.82, 2.24) is 4.98 Å².